The van der Waals surface area contributed by atoms with E-state index in [1.807, 2.05) is 7.05 Å². The molecule has 1 aromatic rings. The summed E-state index contributed by atoms with van der Waals surface area (Å²) < 4.78 is 0. The lowest BCUT2D eigenvalue weighted by molar-refractivity contribution is 0.177. The maximum Gasteiger partial charge on any atom is 0.193 e. The number of benzene rings is 1. The van der Waals surface area contributed by atoms with E-state index >= 15 is 0 Å². The molecule has 1 unspecified atom stereocenters. The van der Waals surface area contributed by atoms with Crippen LogP contribution in [-0.4, -0.2) is 79.6 Å². The molecule has 2 heterocycles. The fourth-order valence-electron chi connectivity index (χ4n) is 4.84. The highest BCUT2D eigenvalue weighted by Crippen LogP contribution is 2.20. The van der Waals surface area contributed by atoms with E-state index in [1.54, 1.807) is 0 Å². The maximum atomic E-state index is 4.58. The van der Waals surface area contributed by atoms with Crippen LogP contribution in [0.15, 0.2) is 29.3 Å². The van der Waals surface area contributed by atoms with E-state index in [1.165, 1.54) is 43.5 Å². The van der Waals surface area contributed by atoms with Crippen LogP contribution in [0.2, 0.25) is 0 Å². The molecule has 2 aliphatic rings. The van der Waals surface area contributed by atoms with Crippen LogP contribution in [0.5, 0.6) is 0 Å². The number of rotatable bonds is 7. The van der Waals surface area contributed by atoms with Crippen molar-refractivity contribution in [2.75, 3.05) is 52.9 Å². The molecule has 0 spiro atoms. The summed E-state index contributed by atoms with van der Waals surface area (Å²) in [5.41, 5.74) is 2.78. The Hall–Kier alpha value is -1.59. The minimum Gasteiger partial charge on any atom is -0.356 e. The van der Waals surface area contributed by atoms with Gasteiger partial charge in [0.05, 0.1) is 0 Å². The second-order valence-electron chi connectivity index (χ2n) is 8.74. The molecule has 2 aliphatic heterocycles. The van der Waals surface area contributed by atoms with Crippen molar-refractivity contribution in [3.63, 3.8) is 0 Å². The third kappa shape index (κ3) is 6.19. The summed E-state index contributed by atoms with van der Waals surface area (Å²) in [6.07, 6.45) is 3.80. The van der Waals surface area contributed by atoms with Gasteiger partial charge < -0.3 is 10.2 Å². The Morgan fingerprint density at radius 1 is 1.07 bits per heavy atom. The van der Waals surface area contributed by atoms with Gasteiger partial charge in [0.2, 0.25) is 0 Å². The Bertz CT molecular complexity index is 629. The Morgan fingerprint density at radius 2 is 1.76 bits per heavy atom. The number of aryl methyl sites for hydroxylation is 1. The molecule has 2 fully saturated rings. The van der Waals surface area contributed by atoms with Gasteiger partial charge in [0.25, 0.3) is 0 Å². The van der Waals surface area contributed by atoms with Gasteiger partial charge in [-0.1, -0.05) is 43.7 Å². The first-order chi connectivity index (χ1) is 14.1. The molecule has 0 radical (unpaired) electrons. The highest BCUT2D eigenvalue weighted by molar-refractivity contribution is 5.80. The van der Waals surface area contributed by atoms with Gasteiger partial charge in [-0.25, -0.2) is 0 Å². The van der Waals surface area contributed by atoms with E-state index in [0.29, 0.717) is 6.04 Å². The fourth-order valence-corrected chi connectivity index (χ4v) is 4.84. The number of piperidine rings is 1. The summed E-state index contributed by atoms with van der Waals surface area (Å²) >= 11 is 0. The second-order valence-corrected chi connectivity index (χ2v) is 8.74. The van der Waals surface area contributed by atoms with E-state index < -0.39 is 0 Å². The first kappa shape index (κ1) is 22.1. The summed E-state index contributed by atoms with van der Waals surface area (Å²) in [6, 6.07) is 9.67. The lowest BCUT2D eigenvalue weighted by Crippen LogP contribution is -2.45. The Morgan fingerprint density at radius 3 is 2.38 bits per heavy atom. The standard InChI is InChI=1S/C24H41N5/c1-5-28(6-2)23-13-16-29(19-23)24(25-4)26-17-21-11-14-27(15-12-21)18-22-9-7-20(3)8-10-22/h7-10,21,23H,5-6,11-19H2,1-4H3,(H,25,26). The van der Waals surface area contributed by atoms with Crippen molar-refractivity contribution in [3.8, 4) is 0 Å². The molecule has 1 N–H and O–H groups in total. The minimum absolute atomic E-state index is 0.675. The van der Waals surface area contributed by atoms with Gasteiger partial charge >= 0.3 is 0 Å². The molecule has 0 aliphatic carbocycles. The molecule has 3 rings (SSSR count). The van der Waals surface area contributed by atoms with Crippen molar-refractivity contribution in [1.82, 2.24) is 20.0 Å². The number of hydrogen-bond acceptors (Lipinski definition) is 3. The normalized spacial score (nSPS) is 21.9. The van der Waals surface area contributed by atoms with Crippen LogP contribution in [0.4, 0.5) is 0 Å². The molecule has 1 atom stereocenters. The number of aliphatic imine (C=N–C) groups is 1. The molecular formula is C24H41N5. The third-order valence-corrected chi connectivity index (χ3v) is 6.79. The first-order valence-electron chi connectivity index (χ1n) is 11.6. The predicted octanol–water partition coefficient (Wildman–Crippen LogP) is 3.20. The predicted molar refractivity (Wildman–Crippen MR) is 123 cm³/mol. The zero-order valence-corrected chi connectivity index (χ0v) is 19.0. The van der Waals surface area contributed by atoms with Gasteiger partial charge in [-0.2, -0.15) is 0 Å². The molecule has 1 aromatic carbocycles. The smallest absolute Gasteiger partial charge is 0.193 e. The summed E-state index contributed by atoms with van der Waals surface area (Å²) in [4.78, 5) is 12.2. The molecule has 162 valence electrons. The average molecular weight is 400 g/mol. The number of likely N-dealkylation sites (N-methyl/N-ethyl adjacent to an activating group) is 1. The molecule has 0 saturated carbocycles. The molecule has 29 heavy (non-hydrogen) atoms. The van der Waals surface area contributed by atoms with E-state index in [9.17, 15) is 0 Å². The van der Waals surface area contributed by atoms with Crippen LogP contribution in [0, 0.1) is 12.8 Å². The zero-order chi connectivity index (χ0) is 20.6. The van der Waals surface area contributed by atoms with Crippen LogP contribution < -0.4 is 5.32 Å². The Kier molecular flexibility index (Phi) is 8.37. The number of nitrogens with zero attached hydrogens (tertiary/aromatic N) is 4. The van der Waals surface area contributed by atoms with Crippen molar-refractivity contribution >= 4 is 5.96 Å². The van der Waals surface area contributed by atoms with Gasteiger partial charge in [-0.15, -0.1) is 0 Å². The van der Waals surface area contributed by atoms with Crippen LogP contribution >= 0.6 is 0 Å². The quantitative estimate of drug-likeness (QED) is 0.564. The summed E-state index contributed by atoms with van der Waals surface area (Å²) in [6.45, 7) is 15.7. The molecule has 0 bridgehead atoms. The monoisotopic (exact) mass is 399 g/mol. The van der Waals surface area contributed by atoms with E-state index in [2.05, 4.69) is 70.0 Å². The van der Waals surface area contributed by atoms with E-state index in [0.717, 1.165) is 51.1 Å². The second kappa shape index (κ2) is 11.0. The summed E-state index contributed by atoms with van der Waals surface area (Å²) in [5, 5.41) is 3.69. The average Bonchev–Trinajstić information content (AvgIpc) is 3.22. The minimum atomic E-state index is 0.675. The van der Waals surface area contributed by atoms with Gasteiger partial charge in [-0.3, -0.25) is 14.8 Å². The number of guanidine groups is 1. The van der Waals surface area contributed by atoms with Crippen molar-refractivity contribution in [1.29, 1.82) is 0 Å². The lowest BCUT2D eigenvalue weighted by atomic mass is 9.96. The first-order valence-corrected chi connectivity index (χ1v) is 11.6. The Balaban J connectivity index is 1.39. The highest BCUT2D eigenvalue weighted by Gasteiger charge is 2.28. The maximum absolute atomic E-state index is 4.58. The van der Waals surface area contributed by atoms with E-state index in [-0.39, 0.29) is 0 Å². The van der Waals surface area contributed by atoms with Gasteiger partial charge in [0.15, 0.2) is 5.96 Å². The van der Waals surface area contributed by atoms with Crippen molar-refractivity contribution in [3.05, 3.63) is 35.4 Å². The largest absolute Gasteiger partial charge is 0.356 e. The van der Waals surface area contributed by atoms with Gasteiger partial charge in [-0.05, 0) is 63.8 Å². The lowest BCUT2D eigenvalue weighted by Gasteiger charge is -2.33. The number of likely N-dealkylation sites (tertiary alicyclic amines) is 2. The summed E-state index contributed by atoms with van der Waals surface area (Å²) in [7, 11) is 1.93. The van der Waals surface area contributed by atoms with Crippen molar-refractivity contribution < 1.29 is 0 Å². The molecule has 0 aromatic heterocycles. The third-order valence-electron chi connectivity index (χ3n) is 6.79. The molecular weight excluding hydrogens is 358 g/mol. The summed E-state index contributed by atoms with van der Waals surface area (Å²) in [5.74, 6) is 1.85. The van der Waals surface area contributed by atoms with E-state index in [4.69, 9.17) is 0 Å². The zero-order valence-electron chi connectivity index (χ0n) is 19.0. The van der Waals surface area contributed by atoms with Gasteiger partial charge in [0.1, 0.15) is 0 Å². The molecule has 5 nitrogen and oxygen atoms in total. The van der Waals surface area contributed by atoms with Crippen LogP contribution in [0.25, 0.3) is 0 Å². The van der Waals surface area contributed by atoms with Gasteiger partial charge in [0, 0.05) is 39.3 Å². The Labute approximate surface area is 178 Å². The van der Waals surface area contributed by atoms with Crippen LogP contribution in [-0.2, 0) is 6.54 Å². The molecule has 0 amide bonds. The highest BCUT2D eigenvalue weighted by atomic mass is 15.3. The topological polar surface area (TPSA) is 34.1 Å². The van der Waals surface area contributed by atoms with Crippen molar-refractivity contribution in [2.45, 2.75) is 52.6 Å². The fraction of sp³-hybridized carbons (Fsp3) is 0.708. The number of nitrogens with one attached hydrogen (secondary N) is 1. The van der Waals surface area contributed by atoms with Crippen LogP contribution in [0.1, 0.15) is 44.2 Å². The molecule has 2 saturated heterocycles. The number of hydrogen-bond donors (Lipinski definition) is 1. The van der Waals surface area contributed by atoms with Crippen LogP contribution in [0.3, 0.4) is 0 Å². The van der Waals surface area contributed by atoms with Crippen molar-refractivity contribution in [2.24, 2.45) is 10.9 Å². The molecule has 5 heteroatoms. The SMILES string of the molecule is CCN(CC)C1CCN(C(=NC)NCC2CCN(Cc3ccc(C)cc3)CC2)C1.